The number of fused-ring (bicyclic) bond motifs is 1. The summed E-state index contributed by atoms with van der Waals surface area (Å²) in [6.07, 6.45) is 2.00. The van der Waals surface area contributed by atoms with Crippen LogP contribution in [0.5, 0.6) is 0 Å². The molecule has 0 fully saturated rings. The average molecular weight is 397 g/mol. The van der Waals surface area contributed by atoms with Gasteiger partial charge in [-0.15, -0.1) is 11.8 Å². The van der Waals surface area contributed by atoms with Crippen LogP contribution in [-0.4, -0.2) is 27.6 Å². The van der Waals surface area contributed by atoms with Crippen LogP contribution >= 0.6 is 11.8 Å². The second-order valence-corrected chi connectivity index (χ2v) is 7.64. The largest absolute Gasteiger partial charge is 0.349 e. The third-order valence-electron chi connectivity index (χ3n) is 4.33. The highest BCUT2D eigenvalue weighted by Gasteiger charge is 2.15. The summed E-state index contributed by atoms with van der Waals surface area (Å²) in [7, 11) is 0. The Hall–Kier alpha value is -2.80. The molecule has 0 aliphatic heterocycles. The Morgan fingerprint density at radius 3 is 2.68 bits per heavy atom. The number of carbonyl (C=O) groups is 2. The van der Waals surface area contributed by atoms with Crippen molar-refractivity contribution < 1.29 is 9.59 Å². The predicted molar refractivity (Wildman–Crippen MR) is 113 cm³/mol. The lowest BCUT2D eigenvalue weighted by Crippen LogP contribution is -2.29. The number of carbonyl (C=O) groups excluding carboxylic acids is 2. The zero-order valence-electron chi connectivity index (χ0n) is 16.2. The lowest BCUT2D eigenvalue weighted by atomic mass is 10.2. The fourth-order valence-corrected chi connectivity index (χ4v) is 3.31. The molecule has 0 aliphatic carbocycles. The lowest BCUT2D eigenvalue weighted by Gasteiger charge is -2.12. The van der Waals surface area contributed by atoms with Gasteiger partial charge in [0, 0.05) is 16.5 Å². The zero-order chi connectivity index (χ0) is 20.1. The number of nitrogens with one attached hydrogen (secondary N) is 2. The van der Waals surface area contributed by atoms with Gasteiger partial charge in [-0.1, -0.05) is 32.0 Å². The summed E-state index contributed by atoms with van der Waals surface area (Å²) in [6, 6.07) is 15.4. The van der Waals surface area contributed by atoms with Crippen molar-refractivity contribution in [1.82, 2.24) is 14.9 Å². The van der Waals surface area contributed by atoms with E-state index in [4.69, 9.17) is 0 Å². The molecule has 6 nitrogen and oxygen atoms in total. The van der Waals surface area contributed by atoms with Crippen molar-refractivity contribution in [2.45, 2.75) is 31.8 Å². The van der Waals surface area contributed by atoms with E-state index in [0.29, 0.717) is 5.82 Å². The first kappa shape index (κ1) is 19.9. The van der Waals surface area contributed by atoms with Gasteiger partial charge in [0.05, 0.1) is 17.6 Å². The number of amides is 2. The van der Waals surface area contributed by atoms with Crippen LogP contribution in [0.4, 0.5) is 5.69 Å². The lowest BCUT2D eigenvalue weighted by molar-refractivity contribution is -0.124. The smallest absolute Gasteiger partial charge is 0.244 e. The molecule has 0 aliphatic rings. The molecule has 0 saturated carbocycles. The Labute approximate surface area is 168 Å². The van der Waals surface area contributed by atoms with E-state index in [0.717, 1.165) is 21.6 Å². The molecule has 0 unspecified atom stereocenters. The number of para-hydroxylation sites is 2. The Morgan fingerprint density at radius 1 is 1.14 bits per heavy atom. The van der Waals surface area contributed by atoms with E-state index in [9.17, 15) is 9.59 Å². The number of thioether (sulfide) groups is 1. The maximum Gasteiger partial charge on any atom is 0.244 e. The standard InChI is InChI=1S/C21H24N4O2S/c1-14(2)21(27)22-12-19-24-17-9-4-5-10-18(17)25(19)13-20(26)23-15-7-6-8-16(11-15)28-3/h4-11,14H,12-13H2,1-3H3,(H,22,27)(H,23,26). The molecule has 28 heavy (non-hydrogen) atoms. The number of anilines is 1. The van der Waals surface area contributed by atoms with Crippen molar-refractivity contribution >= 4 is 40.3 Å². The number of benzene rings is 2. The Balaban J connectivity index is 1.81. The second kappa shape index (κ2) is 8.93. The summed E-state index contributed by atoms with van der Waals surface area (Å²) >= 11 is 1.62. The molecular weight excluding hydrogens is 372 g/mol. The number of rotatable bonds is 7. The number of imidazole rings is 1. The summed E-state index contributed by atoms with van der Waals surface area (Å²) in [5.41, 5.74) is 2.42. The summed E-state index contributed by atoms with van der Waals surface area (Å²) < 4.78 is 1.85. The minimum Gasteiger partial charge on any atom is -0.349 e. The van der Waals surface area contributed by atoms with Crippen molar-refractivity contribution in [2.24, 2.45) is 5.92 Å². The van der Waals surface area contributed by atoms with Gasteiger partial charge in [0.15, 0.2) is 0 Å². The van der Waals surface area contributed by atoms with E-state index in [-0.39, 0.29) is 30.8 Å². The number of nitrogens with zero attached hydrogens (tertiary/aromatic N) is 2. The minimum atomic E-state index is -0.141. The van der Waals surface area contributed by atoms with Gasteiger partial charge in [0.2, 0.25) is 11.8 Å². The minimum absolute atomic E-state index is 0.0445. The Bertz CT molecular complexity index is 997. The van der Waals surface area contributed by atoms with Crippen LogP contribution < -0.4 is 10.6 Å². The van der Waals surface area contributed by atoms with Gasteiger partial charge in [-0.05, 0) is 36.6 Å². The molecule has 1 aromatic heterocycles. The van der Waals surface area contributed by atoms with E-state index < -0.39 is 0 Å². The first-order valence-corrected chi connectivity index (χ1v) is 10.4. The van der Waals surface area contributed by atoms with Crippen molar-refractivity contribution in [2.75, 3.05) is 11.6 Å². The van der Waals surface area contributed by atoms with Gasteiger partial charge < -0.3 is 15.2 Å². The van der Waals surface area contributed by atoms with Gasteiger partial charge in [-0.25, -0.2) is 4.98 Å². The molecule has 2 aromatic carbocycles. The fraction of sp³-hybridized carbons (Fsp3) is 0.286. The number of aromatic nitrogens is 2. The molecule has 3 rings (SSSR count). The van der Waals surface area contributed by atoms with Crippen LogP contribution in [0.15, 0.2) is 53.4 Å². The second-order valence-electron chi connectivity index (χ2n) is 6.76. The first-order valence-electron chi connectivity index (χ1n) is 9.13. The molecule has 0 bridgehead atoms. The molecule has 0 atom stereocenters. The van der Waals surface area contributed by atoms with E-state index in [2.05, 4.69) is 15.6 Å². The van der Waals surface area contributed by atoms with Crippen LogP contribution in [0.25, 0.3) is 11.0 Å². The van der Waals surface area contributed by atoms with Crippen LogP contribution in [0.3, 0.4) is 0 Å². The zero-order valence-corrected chi connectivity index (χ0v) is 17.0. The molecule has 2 amide bonds. The monoisotopic (exact) mass is 396 g/mol. The fourth-order valence-electron chi connectivity index (χ4n) is 2.85. The number of hydrogen-bond acceptors (Lipinski definition) is 4. The number of hydrogen-bond donors (Lipinski definition) is 2. The van der Waals surface area contributed by atoms with Crippen LogP contribution in [0.1, 0.15) is 19.7 Å². The third kappa shape index (κ3) is 4.72. The molecule has 0 radical (unpaired) electrons. The molecule has 3 aromatic rings. The Kier molecular flexibility index (Phi) is 6.36. The molecular formula is C21H24N4O2S. The van der Waals surface area contributed by atoms with Crippen LogP contribution in [0, 0.1) is 5.92 Å². The van der Waals surface area contributed by atoms with Gasteiger partial charge in [-0.3, -0.25) is 9.59 Å². The van der Waals surface area contributed by atoms with Gasteiger partial charge in [0.1, 0.15) is 12.4 Å². The normalized spacial score (nSPS) is 11.0. The quantitative estimate of drug-likeness (QED) is 0.598. The molecule has 146 valence electrons. The van der Waals surface area contributed by atoms with Crippen LogP contribution in [-0.2, 0) is 22.7 Å². The predicted octanol–water partition coefficient (Wildman–Crippen LogP) is 3.67. The van der Waals surface area contributed by atoms with E-state index in [1.54, 1.807) is 11.8 Å². The first-order chi connectivity index (χ1) is 13.5. The highest BCUT2D eigenvalue weighted by molar-refractivity contribution is 7.98. The molecule has 7 heteroatoms. The van der Waals surface area contributed by atoms with E-state index in [1.807, 2.05) is 73.2 Å². The average Bonchev–Trinajstić information content (AvgIpc) is 3.03. The van der Waals surface area contributed by atoms with Gasteiger partial charge in [0.25, 0.3) is 0 Å². The molecule has 0 saturated heterocycles. The maximum absolute atomic E-state index is 12.7. The van der Waals surface area contributed by atoms with Crippen LogP contribution in [0.2, 0.25) is 0 Å². The molecule has 0 spiro atoms. The van der Waals surface area contributed by atoms with Gasteiger partial charge >= 0.3 is 0 Å². The SMILES string of the molecule is CSc1cccc(NC(=O)Cn2c(CNC(=O)C(C)C)nc3ccccc32)c1. The van der Waals surface area contributed by atoms with Crippen molar-refractivity contribution in [1.29, 1.82) is 0 Å². The van der Waals surface area contributed by atoms with Crippen molar-refractivity contribution in [3.63, 3.8) is 0 Å². The summed E-state index contributed by atoms with van der Waals surface area (Å²) in [4.78, 5) is 30.3. The van der Waals surface area contributed by atoms with Crippen molar-refractivity contribution in [3.05, 3.63) is 54.4 Å². The van der Waals surface area contributed by atoms with E-state index in [1.165, 1.54) is 0 Å². The van der Waals surface area contributed by atoms with Gasteiger partial charge in [-0.2, -0.15) is 0 Å². The highest BCUT2D eigenvalue weighted by Crippen LogP contribution is 2.20. The molecule has 1 heterocycles. The highest BCUT2D eigenvalue weighted by atomic mass is 32.2. The topological polar surface area (TPSA) is 76.0 Å². The summed E-state index contributed by atoms with van der Waals surface area (Å²) in [6.45, 7) is 4.08. The summed E-state index contributed by atoms with van der Waals surface area (Å²) in [5, 5.41) is 5.82. The third-order valence-corrected chi connectivity index (χ3v) is 5.06. The van der Waals surface area contributed by atoms with E-state index >= 15 is 0 Å². The maximum atomic E-state index is 12.7. The van der Waals surface area contributed by atoms with Crippen molar-refractivity contribution in [3.8, 4) is 0 Å². The Morgan fingerprint density at radius 2 is 1.93 bits per heavy atom. The summed E-state index contributed by atoms with van der Waals surface area (Å²) in [5.74, 6) is 0.364. The molecule has 2 N–H and O–H groups in total.